The number of sulfone groups is 1. The summed E-state index contributed by atoms with van der Waals surface area (Å²) < 4.78 is 29.6. The van der Waals surface area contributed by atoms with Crippen molar-refractivity contribution in [2.75, 3.05) is 18.1 Å². The van der Waals surface area contributed by atoms with E-state index in [0.29, 0.717) is 22.2 Å². The van der Waals surface area contributed by atoms with Crippen molar-refractivity contribution in [1.82, 2.24) is 4.90 Å². The Morgan fingerprint density at radius 2 is 1.96 bits per heavy atom. The van der Waals surface area contributed by atoms with Crippen molar-refractivity contribution in [2.24, 2.45) is 0 Å². The first kappa shape index (κ1) is 21.0. The molecule has 0 unspecified atom stereocenters. The summed E-state index contributed by atoms with van der Waals surface area (Å²) in [6.07, 6.45) is 0.415. The van der Waals surface area contributed by atoms with Gasteiger partial charge in [0.15, 0.2) is 16.4 Å². The molecule has 0 bridgehead atoms. The number of amides is 1. The lowest BCUT2D eigenvalue weighted by Crippen LogP contribution is -2.43. The number of rotatable bonds is 6. The van der Waals surface area contributed by atoms with Gasteiger partial charge in [0.05, 0.1) is 11.5 Å². The fourth-order valence-electron chi connectivity index (χ4n) is 3.25. The third kappa shape index (κ3) is 5.19. The highest BCUT2D eigenvalue weighted by Gasteiger charge is 2.35. The summed E-state index contributed by atoms with van der Waals surface area (Å²) in [5, 5.41) is 1.13. The van der Waals surface area contributed by atoms with Crippen LogP contribution in [0.25, 0.3) is 0 Å². The van der Waals surface area contributed by atoms with E-state index in [-0.39, 0.29) is 36.6 Å². The molecule has 1 atom stereocenters. The Labute approximate surface area is 175 Å². The molecular formula is C20H21Cl2NO4S. The summed E-state index contributed by atoms with van der Waals surface area (Å²) in [5.41, 5.74) is 1.59. The molecule has 150 valence electrons. The molecule has 3 rings (SSSR count). The van der Waals surface area contributed by atoms with Gasteiger partial charge in [-0.25, -0.2) is 8.42 Å². The molecule has 0 aliphatic carbocycles. The molecule has 1 aliphatic rings. The standard InChI is InChI=1S/C20H21Cl2NO4S/c1-14-10-16(21)6-7-19(14)27-12-20(24)23(17-8-9-28(25,26)13-17)11-15-4-2-3-5-18(15)22/h2-7,10,17H,8-9,11-13H2,1H3/t17-/m1/s1. The second-order valence-electron chi connectivity index (χ2n) is 6.87. The Kier molecular flexibility index (Phi) is 6.53. The Balaban J connectivity index is 1.77. The van der Waals surface area contributed by atoms with Crippen molar-refractivity contribution in [1.29, 1.82) is 0 Å². The van der Waals surface area contributed by atoms with Gasteiger partial charge < -0.3 is 9.64 Å². The average Bonchev–Trinajstić information content (AvgIpc) is 2.99. The molecule has 5 nitrogen and oxygen atoms in total. The van der Waals surface area contributed by atoms with Gasteiger partial charge in [-0.15, -0.1) is 0 Å². The Morgan fingerprint density at radius 1 is 1.21 bits per heavy atom. The van der Waals surface area contributed by atoms with Crippen LogP contribution in [-0.4, -0.2) is 43.4 Å². The van der Waals surface area contributed by atoms with E-state index in [1.54, 1.807) is 29.2 Å². The second-order valence-corrected chi connectivity index (χ2v) is 9.94. The first-order chi connectivity index (χ1) is 13.2. The number of carbonyl (C=O) groups excluding carboxylic acids is 1. The van der Waals surface area contributed by atoms with Crippen molar-refractivity contribution in [2.45, 2.75) is 25.9 Å². The van der Waals surface area contributed by atoms with Crippen LogP contribution in [0.15, 0.2) is 42.5 Å². The number of hydrogen-bond donors (Lipinski definition) is 0. The van der Waals surface area contributed by atoms with E-state index in [1.165, 1.54) is 0 Å². The molecule has 0 radical (unpaired) electrons. The molecule has 0 saturated carbocycles. The molecule has 1 heterocycles. The summed E-state index contributed by atoms with van der Waals surface area (Å²) in [6, 6.07) is 12.0. The van der Waals surface area contributed by atoms with Crippen molar-refractivity contribution in [3.05, 3.63) is 63.6 Å². The van der Waals surface area contributed by atoms with E-state index in [0.717, 1.165) is 11.1 Å². The van der Waals surface area contributed by atoms with Crippen LogP contribution in [0.1, 0.15) is 17.5 Å². The van der Waals surface area contributed by atoms with Gasteiger partial charge in [0.25, 0.3) is 5.91 Å². The van der Waals surface area contributed by atoms with Gasteiger partial charge in [0.1, 0.15) is 5.75 Å². The number of ether oxygens (including phenoxy) is 1. The van der Waals surface area contributed by atoms with E-state index < -0.39 is 9.84 Å². The lowest BCUT2D eigenvalue weighted by molar-refractivity contribution is -0.136. The first-order valence-electron chi connectivity index (χ1n) is 8.87. The van der Waals surface area contributed by atoms with Crippen LogP contribution in [0.3, 0.4) is 0 Å². The zero-order valence-electron chi connectivity index (χ0n) is 15.4. The summed E-state index contributed by atoms with van der Waals surface area (Å²) in [6.45, 7) is 1.89. The monoisotopic (exact) mass is 441 g/mol. The maximum atomic E-state index is 12.9. The van der Waals surface area contributed by atoms with E-state index in [2.05, 4.69) is 0 Å². The average molecular weight is 442 g/mol. The third-order valence-corrected chi connectivity index (χ3v) is 7.11. The van der Waals surface area contributed by atoms with Crippen LogP contribution in [0.5, 0.6) is 5.75 Å². The predicted molar refractivity (Wildman–Crippen MR) is 111 cm³/mol. The molecular weight excluding hydrogens is 421 g/mol. The molecule has 1 amide bonds. The Hall–Kier alpha value is -1.76. The summed E-state index contributed by atoms with van der Waals surface area (Å²) in [4.78, 5) is 14.5. The molecule has 0 spiro atoms. The molecule has 0 aromatic heterocycles. The number of halogens is 2. The van der Waals surface area contributed by atoms with Crippen LogP contribution in [0, 0.1) is 6.92 Å². The van der Waals surface area contributed by atoms with Crippen LogP contribution in [0.4, 0.5) is 0 Å². The highest BCUT2D eigenvalue weighted by atomic mass is 35.5. The van der Waals surface area contributed by atoms with Crippen molar-refractivity contribution in [3.8, 4) is 5.75 Å². The van der Waals surface area contributed by atoms with Gasteiger partial charge in [-0.2, -0.15) is 0 Å². The minimum Gasteiger partial charge on any atom is -0.483 e. The van der Waals surface area contributed by atoms with E-state index >= 15 is 0 Å². The molecule has 28 heavy (non-hydrogen) atoms. The summed E-state index contributed by atoms with van der Waals surface area (Å²) in [7, 11) is -3.14. The lowest BCUT2D eigenvalue weighted by atomic mass is 10.1. The summed E-state index contributed by atoms with van der Waals surface area (Å²) >= 11 is 12.2. The van der Waals surface area contributed by atoms with Crippen LogP contribution in [-0.2, 0) is 21.2 Å². The molecule has 2 aromatic rings. The largest absolute Gasteiger partial charge is 0.483 e. The molecule has 2 aromatic carbocycles. The zero-order valence-corrected chi connectivity index (χ0v) is 17.7. The third-order valence-electron chi connectivity index (χ3n) is 4.76. The van der Waals surface area contributed by atoms with Crippen LogP contribution in [0.2, 0.25) is 10.0 Å². The fourth-order valence-corrected chi connectivity index (χ4v) is 5.40. The molecule has 8 heteroatoms. The van der Waals surface area contributed by atoms with E-state index in [1.807, 2.05) is 25.1 Å². The molecule has 1 fully saturated rings. The molecule has 0 N–H and O–H groups in total. The smallest absolute Gasteiger partial charge is 0.261 e. The SMILES string of the molecule is Cc1cc(Cl)ccc1OCC(=O)N(Cc1ccccc1Cl)[C@@H]1CCS(=O)(=O)C1. The van der Waals surface area contributed by atoms with Gasteiger partial charge >= 0.3 is 0 Å². The van der Waals surface area contributed by atoms with Gasteiger partial charge in [-0.1, -0.05) is 41.4 Å². The number of aryl methyl sites for hydroxylation is 1. The maximum Gasteiger partial charge on any atom is 0.261 e. The van der Waals surface area contributed by atoms with Gasteiger partial charge in [0.2, 0.25) is 0 Å². The molecule has 1 aliphatic heterocycles. The number of nitrogens with zero attached hydrogens (tertiary/aromatic N) is 1. The lowest BCUT2D eigenvalue weighted by Gasteiger charge is -2.29. The van der Waals surface area contributed by atoms with E-state index in [4.69, 9.17) is 27.9 Å². The van der Waals surface area contributed by atoms with Crippen molar-refractivity contribution >= 4 is 38.9 Å². The number of benzene rings is 2. The van der Waals surface area contributed by atoms with Gasteiger partial charge in [-0.05, 0) is 48.7 Å². The quantitative estimate of drug-likeness (QED) is 0.681. The van der Waals surface area contributed by atoms with Crippen molar-refractivity contribution in [3.63, 3.8) is 0 Å². The minimum absolute atomic E-state index is 0.0385. The predicted octanol–water partition coefficient (Wildman–Crippen LogP) is 3.90. The van der Waals surface area contributed by atoms with E-state index in [9.17, 15) is 13.2 Å². The topological polar surface area (TPSA) is 63.7 Å². The van der Waals surface area contributed by atoms with Crippen LogP contribution >= 0.6 is 23.2 Å². The number of hydrogen-bond acceptors (Lipinski definition) is 4. The molecule has 1 saturated heterocycles. The second kappa shape index (κ2) is 8.72. The normalized spacial score (nSPS) is 18.0. The first-order valence-corrected chi connectivity index (χ1v) is 11.4. The zero-order chi connectivity index (χ0) is 20.3. The Morgan fingerprint density at radius 3 is 2.61 bits per heavy atom. The van der Waals surface area contributed by atoms with Crippen molar-refractivity contribution < 1.29 is 17.9 Å². The highest BCUT2D eigenvalue weighted by molar-refractivity contribution is 7.91. The Bertz CT molecular complexity index is 978. The van der Waals surface area contributed by atoms with Gasteiger partial charge in [0, 0.05) is 22.6 Å². The highest BCUT2D eigenvalue weighted by Crippen LogP contribution is 2.25. The minimum atomic E-state index is -3.14. The maximum absolute atomic E-state index is 12.9. The number of carbonyl (C=O) groups is 1. The fraction of sp³-hybridized carbons (Fsp3) is 0.350. The van der Waals surface area contributed by atoms with Gasteiger partial charge in [-0.3, -0.25) is 4.79 Å². The summed E-state index contributed by atoms with van der Waals surface area (Å²) in [5.74, 6) is 0.329. The van der Waals surface area contributed by atoms with Crippen LogP contribution < -0.4 is 4.74 Å².